The Labute approximate surface area is 182 Å². The van der Waals surface area contributed by atoms with E-state index in [2.05, 4.69) is 24.0 Å². The van der Waals surface area contributed by atoms with Gasteiger partial charge in [0.15, 0.2) is 0 Å². The summed E-state index contributed by atoms with van der Waals surface area (Å²) in [5, 5.41) is 1.88. The van der Waals surface area contributed by atoms with Crippen LogP contribution in [0.5, 0.6) is 17.4 Å². The van der Waals surface area contributed by atoms with Crippen LogP contribution in [0.3, 0.4) is 0 Å². The fourth-order valence-electron chi connectivity index (χ4n) is 3.00. The molecule has 0 bridgehead atoms. The van der Waals surface area contributed by atoms with Crippen LogP contribution in [-0.2, 0) is 0 Å². The minimum Gasteiger partial charge on any atom is -0.493 e. The molecule has 0 aliphatic heterocycles. The lowest BCUT2D eigenvalue weighted by molar-refractivity contribution is 0.103. The van der Waals surface area contributed by atoms with Crippen LogP contribution in [0.4, 0.5) is 0 Å². The zero-order chi connectivity index (χ0) is 21.2. The number of pyridine rings is 1. The first kappa shape index (κ1) is 22.0. The number of hydrogen-bond acceptors (Lipinski definition) is 6. The molecule has 3 aromatic rings. The maximum atomic E-state index is 12.7. The standard InChI is InChI=1S/C24H28N2O3S/c1-26(2)15-5-3-4-6-16-28-19-10-7-11-20(18-19)29-24-21(12-8-14-25-24)23(27)22-13-9-17-30-22/h7-14,17-18H,3-6,15-16H2,1-2H3. The van der Waals surface area contributed by atoms with Crippen LogP contribution in [0, 0.1) is 0 Å². The molecular formula is C24H28N2O3S. The summed E-state index contributed by atoms with van der Waals surface area (Å²) in [6, 6.07) is 14.6. The summed E-state index contributed by atoms with van der Waals surface area (Å²) < 4.78 is 11.8. The van der Waals surface area contributed by atoms with Gasteiger partial charge >= 0.3 is 0 Å². The molecule has 0 atom stereocenters. The van der Waals surface area contributed by atoms with Crippen molar-refractivity contribution >= 4 is 17.1 Å². The summed E-state index contributed by atoms with van der Waals surface area (Å²) in [6.45, 7) is 1.81. The number of ether oxygens (including phenoxy) is 2. The number of carbonyl (C=O) groups is 1. The van der Waals surface area contributed by atoms with Crippen LogP contribution in [0.25, 0.3) is 0 Å². The number of benzene rings is 1. The number of thiophene rings is 1. The van der Waals surface area contributed by atoms with Crippen LogP contribution in [0.1, 0.15) is 40.9 Å². The fourth-order valence-corrected chi connectivity index (χ4v) is 3.68. The van der Waals surface area contributed by atoms with Gasteiger partial charge in [-0.3, -0.25) is 4.79 Å². The molecule has 0 amide bonds. The highest BCUT2D eigenvalue weighted by Crippen LogP contribution is 2.28. The van der Waals surface area contributed by atoms with Gasteiger partial charge in [-0.25, -0.2) is 4.98 Å². The molecule has 3 rings (SSSR count). The first-order chi connectivity index (χ1) is 14.6. The van der Waals surface area contributed by atoms with Gasteiger partial charge in [0.05, 0.1) is 17.0 Å². The highest BCUT2D eigenvalue weighted by Gasteiger charge is 2.17. The first-order valence-electron chi connectivity index (χ1n) is 10.2. The van der Waals surface area contributed by atoms with E-state index in [0.717, 1.165) is 25.1 Å². The SMILES string of the molecule is CN(C)CCCCCCOc1cccc(Oc2ncccc2C(=O)c2cccs2)c1. The van der Waals surface area contributed by atoms with Crippen molar-refractivity contribution in [3.05, 3.63) is 70.5 Å². The molecule has 0 radical (unpaired) electrons. The number of ketones is 1. The van der Waals surface area contributed by atoms with Crippen molar-refractivity contribution in [3.63, 3.8) is 0 Å². The molecule has 6 heteroatoms. The molecule has 2 heterocycles. The topological polar surface area (TPSA) is 51.7 Å². The van der Waals surface area contributed by atoms with Crippen LogP contribution in [-0.4, -0.2) is 42.9 Å². The largest absolute Gasteiger partial charge is 0.493 e. The second-order valence-corrected chi connectivity index (χ2v) is 8.25. The van der Waals surface area contributed by atoms with Gasteiger partial charge in [-0.2, -0.15) is 0 Å². The van der Waals surface area contributed by atoms with E-state index in [-0.39, 0.29) is 5.78 Å². The maximum Gasteiger partial charge on any atom is 0.230 e. The van der Waals surface area contributed by atoms with Crippen LogP contribution in [0.15, 0.2) is 60.1 Å². The number of carbonyl (C=O) groups excluding carboxylic acids is 1. The molecule has 0 aliphatic carbocycles. The molecular weight excluding hydrogens is 396 g/mol. The van der Waals surface area contributed by atoms with Crippen LogP contribution >= 0.6 is 11.3 Å². The van der Waals surface area contributed by atoms with Gasteiger partial charge in [-0.1, -0.05) is 25.0 Å². The van der Waals surface area contributed by atoms with Crippen molar-refractivity contribution < 1.29 is 14.3 Å². The van der Waals surface area contributed by atoms with E-state index in [1.165, 1.54) is 24.2 Å². The summed E-state index contributed by atoms with van der Waals surface area (Å²) in [7, 11) is 4.20. The normalized spacial score (nSPS) is 10.9. The van der Waals surface area contributed by atoms with Gasteiger partial charge in [0.2, 0.25) is 11.7 Å². The van der Waals surface area contributed by atoms with Crippen molar-refractivity contribution in [2.45, 2.75) is 25.7 Å². The van der Waals surface area contributed by atoms with Crippen LogP contribution in [0.2, 0.25) is 0 Å². The first-order valence-corrected chi connectivity index (χ1v) is 11.1. The third-order valence-electron chi connectivity index (χ3n) is 4.55. The third kappa shape index (κ3) is 6.68. The second-order valence-electron chi connectivity index (χ2n) is 7.31. The molecule has 0 saturated carbocycles. The molecule has 2 aromatic heterocycles. The van der Waals surface area contributed by atoms with E-state index in [1.54, 1.807) is 24.4 Å². The number of nitrogens with zero attached hydrogens (tertiary/aromatic N) is 2. The average molecular weight is 425 g/mol. The molecule has 5 nitrogen and oxygen atoms in total. The minimum atomic E-state index is -0.0882. The van der Waals surface area contributed by atoms with Gasteiger partial charge < -0.3 is 14.4 Å². The third-order valence-corrected chi connectivity index (χ3v) is 5.42. The Morgan fingerprint density at radius 3 is 2.63 bits per heavy atom. The van der Waals surface area contributed by atoms with E-state index in [4.69, 9.17) is 9.47 Å². The monoisotopic (exact) mass is 424 g/mol. The van der Waals surface area contributed by atoms with Gasteiger partial charge in [0.1, 0.15) is 11.5 Å². The lowest BCUT2D eigenvalue weighted by Gasteiger charge is -2.11. The van der Waals surface area contributed by atoms with E-state index >= 15 is 0 Å². The smallest absolute Gasteiger partial charge is 0.230 e. The van der Waals surface area contributed by atoms with Crippen molar-refractivity contribution in [3.8, 4) is 17.4 Å². The highest BCUT2D eigenvalue weighted by molar-refractivity contribution is 7.12. The predicted octanol–water partition coefficient (Wildman–Crippen LogP) is 5.67. The maximum absolute atomic E-state index is 12.7. The molecule has 0 spiro atoms. The van der Waals surface area contributed by atoms with Crippen molar-refractivity contribution in [1.82, 2.24) is 9.88 Å². The predicted molar refractivity (Wildman–Crippen MR) is 121 cm³/mol. The molecule has 0 unspecified atom stereocenters. The zero-order valence-electron chi connectivity index (χ0n) is 17.5. The Morgan fingerprint density at radius 1 is 1.00 bits per heavy atom. The second kappa shape index (κ2) is 11.5. The molecule has 0 saturated heterocycles. The quantitative estimate of drug-likeness (QED) is 0.277. The summed E-state index contributed by atoms with van der Waals surface area (Å²) in [5.41, 5.74) is 0.448. The number of aromatic nitrogens is 1. The van der Waals surface area contributed by atoms with Gasteiger partial charge in [0.25, 0.3) is 0 Å². The molecule has 30 heavy (non-hydrogen) atoms. The van der Waals surface area contributed by atoms with Crippen molar-refractivity contribution in [2.75, 3.05) is 27.2 Å². The van der Waals surface area contributed by atoms with E-state index in [0.29, 0.717) is 28.7 Å². The summed E-state index contributed by atoms with van der Waals surface area (Å²) in [6.07, 6.45) is 6.24. The number of unbranched alkanes of at least 4 members (excludes halogenated alkanes) is 3. The Morgan fingerprint density at radius 2 is 1.83 bits per heavy atom. The average Bonchev–Trinajstić information content (AvgIpc) is 3.28. The van der Waals surface area contributed by atoms with Crippen molar-refractivity contribution in [2.24, 2.45) is 0 Å². The Bertz CT molecular complexity index is 926. The van der Waals surface area contributed by atoms with E-state index in [1.807, 2.05) is 35.7 Å². The van der Waals surface area contributed by atoms with Gasteiger partial charge in [-0.15, -0.1) is 11.3 Å². The summed E-state index contributed by atoms with van der Waals surface area (Å²) in [4.78, 5) is 19.9. The highest BCUT2D eigenvalue weighted by atomic mass is 32.1. The van der Waals surface area contributed by atoms with Gasteiger partial charge in [-0.05, 0) is 69.2 Å². The van der Waals surface area contributed by atoms with E-state index < -0.39 is 0 Å². The molecule has 0 aliphatic rings. The summed E-state index contributed by atoms with van der Waals surface area (Å²) in [5.74, 6) is 1.56. The fraction of sp³-hybridized carbons (Fsp3) is 0.333. The zero-order valence-corrected chi connectivity index (χ0v) is 18.4. The van der Waals surface area contributed by atoms with Gasteiger partial charge in [0, 0.05) is 12.3 Å². The minimum absolute atomic E-state index is 0.0882. The Balaban J connectivity index is 1.55. The molecule has 1 aromatic carbocycles. The molecule has 0 fully saturated rings. The lowest BCUT2D eigenvalue weighted by Crippen LogP contribution is -2.12. The Hall–Kier alpha value is -2.70. The molecule has 158 valence electrons. The van der Waals surface area contributed by atoms with Crippen molar-refractivity contribution in [1.29, 1.82) is 0 Å². The number of rotatable bonds is 12. The van der Waals surface area contributed by atoms with Crippen LogP contribution < -0.4 is 9.47 Å². The Kier molecular flexibility index (Phi) is 8.41. The lowest BCUT2D eigenvalue weighted by atomic mass is 10.1. The summed E-state index contributed by atoms with van der Waals surface area (Å²) >= 11 is 1.41. The number of hydrogen-bond donors (Lipinski definition) is 0. The van der Waals surface area contributed by atoms with E-state index in [9.17, 15) is 4.79 Å². The molecule has 0 N–H and O–H groups in total.